The molecule has 0 bridgehead atoms. The lowest BCUT2D eigenvalue weighted by atomic mass is 10.0. The molecule has 0 saturated heterocycles. The van der Waals surface area contributed by atoms with Gasteiger partial charge in [0.25, 0.3) is 0 Å². The molecule has 0 unspecified atom stereocenters. The SMILES string of the molecule is CCCCCCCCCCCCCCCCOC(=O)c1ccc(COc2ccc(C=O)cc2OC)cc1. The van der Waals surface area contributed by atoms with Crippen molar-refractivity contribution in [1.29, 1.82) is 0 Å². The minimum atomic E-state index is -0.284. The molecule has 2 aromatic rings. The predicted molar refractivity (Wildman–Crippen MR) is 150 cm³/mol. The van der Waals surface area contributed by atoms with Crippen LogP contribution in [0.3, 0.4) is 0 Å². The molecular weight excluding hydrogens is 464 g/mol. The van der Waals surface area contributed by atoms with E-state index in [4.69, 9.17) is 14.2 Å². The Morgan fingerprint density at radius 3 is 1.84 bits per heavy atom. The Hall–Kier alpha value is -2.82. The van der Waals surface area contributed by atoms with Gasteiger partial charge >= 0.3 is 5.97 Å². The Kier molecular flexibility index (Phi) is 15.9. The van der Waals surface area contributed by atoms with E-state index in [0.29, 0.717) is 35.8 Å². The highest BCUT2D eigenvalue weighted by Gasteiger charge is 2.09. The van der Waals surface area contributed by atoms with Gasteiger partial charge < -0.3 is 14.2 Å². The van der Waals surface area contributed by atoms with Crippen molar-refractivity contribution in [2.24, 2.45) is 0 Å². The topological polar surface area (TPSA) is 61.8 Å². The van der Waals surface area contributed by atoms with Crippen LogP contribution in [0.2, 0.25) is 0 Å². The molecular formula is C32H46O5. The quantitative estimate of drug-likeness (QED) is 0.0954. The van der Waals surface area contributed by atoms with Crippen molar-refractivity contribution in [2.75, 3.05) is 13.7 Å². The summed E-state index contributed by atoms with van der Waals surface area (Å²) < 4.78 is 16.5. The first kappa shape index (κ1) is 30.4. The number of ether oxygens (including phenoxy) is 3. The van der Waals surface area contributed by atoms with Crippen LogP contribution < -0.4 is 9.47 Å². The summed E-state index contributed by atoms with van der Waals surface area (Å²) >= 11 is 0. The number of methoxy groups -OCH3 is 1. The average Bonchev–Trinajstić information content (AvgIpc) is 2.94. The third-order valence-electron chi connectivity index (χ3n) is 6.64. The van der Waals surface area contributed by atoms with Crippen molar-refractivity contribution in [1.82, 2.24) is 0 Å². The molecule has 5 nitrogen and oxygen atoms in total. The predicted octanol–water partition coefficient (Wildman–Crippen LogP) is 8.72. The van der Waals surface area contributed by atoms with Crippen molar-refractivity contribution in [3.8, 4) is 11.5 Å². The number of unbranched alkanes of at least 4 members (excludes halogenated alkanes) is 13. The maximum atomic E-state index is 12.3. The van der Waals surface area contributed by atoms with Gasteiger partial charge in [-0.05, 0) is 42.3 Å². The fraction of sp³-hybridized carbons (Fsp3) is 0.562. The fourth-order valence-corrected chi connectivity index (χ4v) is 4.32. The number of benzene rings is 2. The van der Waals surface area contributed by atoms with Gasteiger partial charge in [-0.1, -0.05) is 103 Å². The van der Waals surface area contributed by atoms with Gasteiger partial charge in [0.05, 0.1) is 19.3 Å². The molecule has 0 heterocycles. The monoisotopic (exact) mass is 510 g/mol. The zero-order valence-electron chi connectivity index (χ0n) is 23.0. The highest BCUT2D eigenvalue weighted by atomic mass is 16.5. The lowest BCUT2D eigenvalue weighted by Gasteiger charge is -2.11. The summed E-state index contributed by atoms with van der Waals surface area (Å²) in [5.41, 5.74) is 1.99. The van der Waals surface area contributed by atoms with Crippen LogP contribution in [0.15, 0.2) is 42.5 Å². The molecule has 0 amide bonds. The van der Waals surface area contributed by atoms with Crippen LogP contribution in [0.1, 0.15) is 123 Å². The van der Waals surface area contributed by atoms with E-state index in [1.807, 2.05) is 12.1 Å². The highest BCUT2D eigenvalue weighted by molar-refractivity contribution is 5.89. The summed E-state index contributed by atoms with van der Waals surface area (Å²) in [6.07, 6.45) is 19.1. The number of carbonyl (C=O) groups is 2. The van der Waals surface area contributed by atoms with Crippen LogP contribution in [-0.4, -0.2) is 26.0 Å². The van der Waals surface area contributed by atoms with Gasteiger partial charge in [0.2, 0.25) is 0 Å². The Labute approximate surface area is 223 Å². The third kappa shape index (κ3) is 12.8. The molecule has 204 valence electrons. The molecule has 2 aromatic carbocycles. The number of hydrogen-bond acceptors (Lipinski definition) is 5. The maximum Gasteiger partial charge on any atom is 0.338 e. The Morgan fingerprint density at radius 1 is 0.730 bits per heavy atom. The summed E-state index contributed by atoms with van der Waals surface area (Å²) in [4.78, 5) is 23.2. The first-order valence-corrected chi connectivity index (χ1v) is 14.2. The molecule has 5 heteroatoms. The molecule has 0 atom stereocenters. The van der Waals surface area contributed by atoms with Crippen LogP contribution >= 0.6 is 0 Å². The van der Waals surface area contributed by atoms with E-state index in [2.05, 4.69) is 6.92 Å². The normalized spacial score (nSPS) is 10.8. The summed E-state index contributed by atoms with van der Waals surface area (Å²) in [6.45, 7) is 3.06. The largest absolute Gasteiger partial charge is 0.493 e. The van der Waals surface area contributed by atoms with Crippen molar-refractivity contribution in [3.63, 3.8) is 0 Å². The van der Waals surface area contributed by atoms with Crippen LogP contribution in [0, 0.1) is 0 Å². The Morgan fingerprint density at radius 2 is 1.30 bits per heavy atom. The van der Waals surface area contributed by atoms with E-state index in [9.17, 15) is 9.59 Å². The minimum absolute atomic E-state index is 0.284. The lowest BCUT2D eigenvalue weighted by molar-refractivity contribution is 0.0497. The summed E-state index contributed by atoms with van der Waals surface area (Å²) in [5, 5.41) is 0. The van der Waals surface area contributed by atoms with E-state index >= 15 is 0 Å². The molecule has 0 aromatic heterocycles. The lowest BCUT2D eigenvalue weighted by Crippen LogP contribution is -2.07. The average molecular weight is 511 g/mol. The Bertz CT molecular complexity index is 891. The van der Waals surface area contributed by atoms with E-state index in [0.717, 1.165) is 24.7 Å². The molecule has 0 spiro atoms. The Balaban J connectivity index is 1.52. The van der Waals surface area contributed by atoms with Gasteiger partial charge in [-0.2, -0.15) is 0 Å². The van der Waals surface area contributed by atoms with Gasteiger partial charge in [-0.3, -0.25) is 4.79 Å². The molecule has 0 aliphatic heterocycles. The molecule has 0 N–H and O–H groups in total. The second kappa shape index (κ2) is 19.3. The third-order valence-corrected chi connectivity index (χ3v) is 6.64. The summed E-state index contributed by atoms with van der Waals surface area (Å²) in [6, 6.07) is 12.3. The highest BCUT2D eigenvalue weighted by Crippen LogP contribution is 2.28. The molecule has 0 radical (unpaired) electrons. The standard InChI is InChI=1S/C32H46O5/c1-3-4-5-6-7-8-9-10-11-12-13-14-15-16-23-36-32(34)29-20-17-27(18-21-29)26-37-30-22-19-28(25-33)24-31(30)35-2/h17-22,24-25H,3-16,23,26H2,1-2H3. The van der Waals surface area contributed by atoms with Crippen molar-refractivity contribution >= 4 is 12.3 Å². The minimum Gasteiger partial charge on any atom is -0.493 e. The van der Waals surface area contributed by atoms with E-state index in [1.165, 1.54) is 84.2 Å². The van der Waals surface area contributed by atoms with Crippen LogP contribution in [0.4, 0.5) is 0 Å². The second-order valence-electron chi connectivity index (χ2n) is 9.75. The van der Waals surface area contributed by atoms with Gasteiger partial charge in [0, 0.05) is 5.56 Å². The second-order valence-corrected chi connectivity index (χ2v) is 9.75. The van der Waals surface area contributed by atoms with Crippen LogP contribution in [-0.2, 0) is 11.3 Å². The maximum absolute atomic E-state index is 12.3. The van der Waals surface area contributed by atoms with E-state index in [-0.39, 0.29) is 5.97 Å². The number of aldehydes is 1. The number of hydrogen-bond donors (Lipinski definition) is 0. The fourth-order valence-electron chi connectivity index (χ4n) is 4.32. The first-order chi connectivity index (χ1) is 18.2. The van der Waals surface area contributed by atoms with Crippen molar-refractivity contribution in [2.45, 2.75) is 103 Å². The van der Waals surface area contributed by atoms with E-state index < -0.39 is 0 Å². The van der Waals surface area contributed by atoms with Gasteiger partial charge in [0.15, 0.2) is 11.5 Å². The van der Waals surface area contributed by atoms with Gasteiger partial charge in [-0.15, -0.1) is 0 Å². The summed E-state index contributed by atoms with van der Waals surface area (Å²) in [7, 11) is 1.54. The number of esters is 1. The van der Waals surface area contributed by atoms with Crippen molar-refractivity contribution in [3.05, 3.63) is 59.2 Å². The van der Waals surface area contributed by atoms with Gasteiger partial charge in [-0.25, -0.2) is 4.79 Å². The smallest absolute Gasteiger partial charge is 0.338 e. The molecule has 0 aliphatic rings. The first-order valence-electron chi connectivity index (χ1n) is 14.2. The molecule has 2 rings (SSSR count). The van der Waals surface area contributed by atoms with Crippen molar-refractivity contribution < 1.29 is 23.8 Å². The zero-order valence-corrected chi connectivity index (χ0v) is 23.0. The molecule has 0 saturated carbocycles. The van der Waals surface area contributed by atoms with Gasteiger partial charge in [0.1, 0.15) is 12.9 Å². The molecule has 0 aliphatic carbocycles. The van der Waals surface area contributed by atoms with E-state index in [1.54, 1.807) is 30.3 Å². The number of carbonyl (C=O) groups excluding carboxylic acids is 2. The van der Waals surface area contributed by atoms with Crippen LogP contribution in [0.5, 0.6) is 11.5 Å². The number of rotatable bonds is 21. The van der Waals surface area contributed by atoms with Crippen LogP contribution in [0.25, 0.3) is 0 Å². The molecule has 0 fully saturated rings. The summed E-state index contributed by atoms with van der Waals surface area (Å²) in [5.74, 6) is 0.784. The zero-order chi connectivity index (χ0) is 26.6. The molecule has 37 heavy (non-hydrogen) atoms.